The summed E-state index contributed by atoms with van der Waals surface area (Å²) in [4.78, 5) is 2.45. The number of nitrogens with zero attached hydrogens (tertiary/aromatic N) is 1. The molecule has 0 saturated heterocycles. The summed E-state index contributed by atoms with van der Waals surface area (Å²) >= 11 is 0. The second-order valence-electron chi connectivity index (χ2n) is 20.2. The van der Waals surface area contributed by atoms with Gasteiger partial charge in [-0.05, 0) is 121 Å². The molecule has 0 fully saturated rings. The van der Waals surface area contributed by atoms with E-state index in [0.717, 1.165) is 33.6 Å². The van der Waals surface area contributed by atoms with Crippen molar-refractivity contribution in [3.8, 4) is 22.3 Å². The van der Waals surface area contributed by atoms with Gasteiger partial charge in [-0.1, -0.05) is 183 Å². The number of fused-ring (bicyclic) bond motifs is 9. The zero-order valence-corrected chi connectivity index (χ0v) is 37.1. The van der Waals surface area contributed by atoms with Crippen LogP contribution in [0, 0.1) is 0 Å². The highest BCUT2D eigenvalue weighted by molar-refractivity contribution is 6.08. The molecule has 0 bridgehead atoms. The van der Waals surface area contributed by atoms with Crippen molar-refractivity contribution >= 4 is 39.0 Å². The maximum absolute atomic E-state index is 6.81. The third kappa shape index (κ3) is 5.55. The molecule has 9 aromatic rings. The summed E-state index contributed by atoms with van der Waals surface area (Å²) < 4.78 is 6.81. The molecule has 11 rings (SSSR count). The van der Waals surface area contributed by atoms with Crippen molar-refractivity contribution in [1.29, 1.82) is 0 Å². The molecule has 0 amide bonds. The molecular formula is C60H53NO. The van der Waals surface area contributed by atoms with E-state index in [2.05, 4.69) is 236 Å². The molecule has 2 heteroatoms. The van der Waals surface area contributed by atoms with Gasteiger partial charge in [0.25, 0.3) is 0 Å². The van der Waals surface area contributed by atoms with E-state index in [9.17, 15) is 0 Å². The fourth-order valence-corrected chi connectivity index (χ4v) is 10.8. The fraction of sp³-hybridized carbons (Fsp3) is 0.200. The molecule has 1 aromatic heterocycles. The lowest BCUT2D eigenvalue weighted by Gasteiger charge is -2.34. The molecule has 0 spiro atoms. The molecule has 2 aliphatic rings. The number of furan rings is 1. The minimum atomic E-state index is -0.467. The van der Waals surface area contributed by atoms with E-state index in [4.69, 9.17) is 4.42 Å². The number of rotatable bonds is 5. The van der Waals surface area contributed by atoms with E-state index < -0.39 is 5.41 Å². The van der Waals surface area contributed by atoms with Crippen LogP contribution in [0.15, 0.2) is 180 Å². The van der Waals surface area contributed by atoms with Crippen LogP contribution in [0.25, 0.3) is 44.2 Å². The van der Waals surface area contributed by atoms with E-state index in [-0.39, 0.29) is 16.2 Å². The Balaban J connectivity index is 1.14. The Morgan fingerprint density at radius 2 is 0.935 bits per heavy atom. The van der Waals surface area contributed by atoms with Crippen molar-refractivity contribution in [2.24, 2.45) is 0 Å². The number of benzene rings is 8. The molecule has 1 heterocycles. The molecule has 0 saturated carbocycles. The number of anilines is 3. The highest BCUT2D eigenvalue weighted by atomic mass is 16.3. The van der Waals surface area contributed by atoms with Crippen LogP contribution in [-0.2, 0) is 21.7 Å². The van der Waals surface area contributed by atoms with Crippen LogP contribution in [-0.4, -0.2) is 0 Å². The van der Waals surface area contributed by atoms with Gasteiger partial charge in [0.05, 0.1) is 5.41 Å². The van der Waals surface area contributed by atoms with Gasteiger partial charge < -0.3 is 9.32 Å². The predicted molar refractivity (Wildman–Crippen MR) is 261 cm³/mol. The summed E-state index contributed by atoms with van der Waals surface area (Å²) in [6.45, 7) is 18.5. The first-order valence-electron chi connectivity index (χ1n) is 22.2. The largest absolute Gasteiger partial charge is 0.456 e. The van der Waals surface area contributed by atoms with Crippen LogP contribution in [0.4, 0.5) is 17.1 Å². The minimum absolute atomic E-state index is 0.0184. The first-order valence-corrected chi connectivity index (χ1v) is 22.2. The summed E-state index contributed by atoms with van der Waals surface area (Å²) in [6.07, 6.45) is 0. The van der Waals surface area contributed by atoms with Crippen LogP contribution in [0.1, 0.15) is 99.9 Å². The molecule has 2 aliphatic carbocycles. The monoisotopic (exact) mass is 803 g/mol. The van der Waals surface area contributed by atoms with E-state index in [0.29, 0.717) is 0 Å². The van der Waals surface area contributed by atoms with Gasteiger partial charge in [-0.3, -0.25) is 0 Å². The van der Waals surface area contributed by atoms with Gasteiger partial charge in [-0.2, -0.15) is 0 Å². The van der Waals surface area contributed by atoms with Crippen LogP contribution in [0.5, 0.6) is 0 Å². The summed E-state index contributed by atoms with van der Waals surface area (Å²) in [5.41, 5.74) is 20.2. The molecule has 2 nitrogen and oxygen atoms in total. The van der Waals surface area contributed by atoms with Crippen LogP contribution in [0.2, 0.25) is 0 Å². The van der Waals surface area contributed by atoms with Crippen LogP contribution >= 0.6 is 0 Å². The average molecular weight is 804 g/mol. The molecule has 62 heavy (non-hydrogen) atoms. The van der Waals surface area contributed by atoms with E-state index in [1.54, 1.807) is 0 Å². The fourth-order valence-electron chi connectivity index (χ4n) is 10.8. The topological polar surface area (TPSA) is 16.4 Å². The predicted octanol–water partition coefficient (Wildman–Crippen LogP) is 16.3. The Hall–Kier alpha value is -6.64. The van der Waals surface area contributed by atoms with Crippen molar-refractivity contribution in [2.75, 3.05) is 4.90 Å². The lowest BCUT2D eigenvalue weighted by Crippen LogP contribution is -2.28. The summed E-state index contributed by atoms with van der Waals surface area (Å²) in [7, 11) is 0. The third-order valence-corrected chi connectivity index (χ3v) is 14.0. The lowest BCUT2D eigenvalue weighted by molar-refractivity contribution is 0.559. The molecule has 0 atom stereocenters. The zero-order valence-electron chi connectivity index (χ0n) is 37.1. The van der Waals surface area contributed by atoms with Gasteiger partial charge in [0.15, 0.2) is 0 Å². The summed E-state index contributed by atoms with van der Waals surface area (Å²) in [5.74, 6) is 0. The molecule has 0 N–H and O–H groups in total. The summed E-state index contributed by atoms with van der Waals surface area (Å²) in [5, 5.41) is 2.30. The van der Waals surface area contributed by atoms with Gasteiger partial charge in [0, 0.05) is 38.8 Å². The maximum atomic E-state index is 6.81. The Morgan fingerprint density at radius 3 is 1.56 bits per heavy atom. The standard InChI is InChI=1S/C60H53NO/c1-57(2,3)40-34-49-48-36-42(31-33-55(48)62-56(49)54(35-40)58(4,5)6)61(43-30-32-47-44-20-12-15-23-50(44)59(7,8)53(47)37-43)41-28-26-39(27-29-41)60(38-18-10-9-11-19-38)51-24-16-13-21-45(51)46-22-14-17-25-52(46)60/h9-37H,1-8H3. The third-order valence-electron chi connectivity index (χ3n) is 14.0. The Bertz CT molecular complexity index is 3180. The molecule has 0 radical (unpaired) electrons. The molecule has 8 aromatic carbocycles. The number of hydrogen-bond donors (Lipinski definition) is 0. The normalized spacial score (nSPS) is 14.7. The lowest BCUT2D eigenvalue weighted by atomic mass is 9.68. The SMILES string of the molecule is CC(C)(C)c1cc(C(C)(C)C)c2oc3ccc(N(c4ccc(C5(c6ccccc6)c6ccccc6-c6ccccc65)cc4)c4ccc5c(c4)C(C)(C)c4ccccc4-5)cc3c2c1. The Labute approximate surface area is 366 Å². The molecular weight excluding hydrogens is 751 g/mol. The van der Waals surface area contributed by atoms with Crippen LogP contribution < -0.4 is 4.90 Å². The first-order chi connectivity index (χ1) is 29.8. The summed E-state index contributed by atoms with van der Waals surface area (Å²) in [6, 6.07) is 65.9. The Kier molecular flexibility index (Phi) is 8.29. The smallest absolute Gasteiger partial charge is 0.139 e. The quantitative estimate of drug-likeness (QED) is 0.172. The second kappa shape index (κ2) is 13.4. The van der Waals surface area contributed by atoms with Gasteiger partial charge in [0.1, 0.15) is 11.2 Å². The van der Waals surface area contributed by atoms with Crippen molar-refractivity contribution in [2.45, 2.75) is 77.0 Å². The minimum Gasteiger partial charge on any atom is -0.456 e. The van der Waals surface area contributed by atoms with E-state index in [1.807, 2.05) is 0 Å². The van der Waals surface area contributed by atoms with Gasteiger partial charge >= 0.3 is 0 Å². The average Bonchev–Trinajstić information content (AvgIpc) is 3.87. The molecule has 304 valence electrons. The highest BCUT2D eigenvalue weighted by Crippen LogP contribution is 2.57. The number of hydrogen-bond acceptors (Lipinski definition) is 2. The van der Waals surface area contributed by atoms with Crippen LogP contribution in [0.3, 0.4) is 0 Å². The molecule has 0 aliphatic heterocycles. The Morgan fingerprint density at radius 1 is 0.419 bits per heavy atom. The maximum Gasteiger partial charge on any atom is 0.139 e. The van der Waals surface area contributed by atoms with E-state index >= 15 is 0 Å². The van der Waals surface area contributed by atoms with Crippen molar-refractivity contribution in [1.82, 2.24) is 0 Å². The van der Waals surface area contributed by atoms with E-state index in [1.165, 1.54) is 72.1 Å². The van der Waals surface area contributed by atoms with Crippen molar-refractivity contribution in [3.63, 3.8) is 0 Å². The highest BCUT2D eigenvalue weighted by Gasteiger charge is 2.46. The first kappa shape index (κ1) is 38.3. The van der Waals surface area contributed by atoms with Crippen molar-refractivity contribution < 1.29 is 4.42 Å². The zero-order chi connectivity index (χ0) is 42.8. The van der Waals surface area contributed by atoms with Crippen molar-refractivity contribution in [3.05, 3.63) is 220 Å². The van der Waals surface area contributed by atoms with Gasteiger partial charge in [0.2, 0.25) is 0 Å². The molecule has 0 unspecified atom stereocenters. The van der Waals surface area contributed by atoms with Gasteiger partial charge in [-0.15, -0.1) is 0 Å². The van der Waals surface area contributed by atoms with Gasteiger partial charge in [-0.25, -0.2) is 0 Å². The second-order valence-corrected chi connectivity index (χ2v) is 20.2.